The molecule has 1 unspecified atom stereocenters. The molecule has 17 heavy (non-hydrogen) atoms. The molecule has 2 aliphatic rings. The number of hydrogen-bond donors (Lipinski definition) is 0. The first-order valence-corrected chi connectivity index (χ1v) is 7.56. The third-order valence-corrected chi connectivity index (χ3v) is 5.46. The molecule has 3 rings (SSSR count). The lowest BCUT2D eigenvalue weighted by atomic mass is 10.0. The van der Waals surface area contributed by atoms with Gasteiger partial charge in [-0.2, -0.15) is 0 Å². The van der Waals surface area contributed by atoms with E-state index < -0.39 is 0 Å². The van der Waals surface area contributed by atoms with Gasteiger partial charge in [0.15, 0.2) is 5.78 Å². The van der Waals surface area contributed by atoms with Crippen LogP contribution >= 0.6 is 11.8 Å². The van der Waals surface area contributed by atoms with Crippen LogP contribution in [0, 0.1) is 0 Å². The van der Waals surface area contributed by atoms with Crippen molar-refractivity contribution in [1.82, 2.24) is 0 Å². The summed E-state index contributed by atoms with van der Waals surface area (Å²) in [6.07, 6.45) is 7.67. The van der Waals surface area contributed by atoms with Gasteiger partial charge in [0.25, 0.3) is 0 Å². The van der Waals surface area contributed by atoms with Crippen molar-refractivity contribution in [1.29, 1.82) is 0 Å². The van der Waals surface area contributed by atoms with Gasteiger partial charge in [0.05, 0.1) is 5.25 Å². The van der Waals surface area contributed by atoms with Crippen molar-refractivity contribution in [2.45, 2.75) is 49.0 Å². The molecular weight excluding hydrogens is 228 g/mol. The largest absolute Gasteiger partial charge is 0.293 e. The van der Waals surface area contributed by atoms with E-state index in [4.69, 9.17) is 0 Å². The fourth-order valence-corrected chi connectivity index (χ4v) is 4.54. The molecule has 1 fully saturated rings. The van der Waals surface area contributed by atoms with Crippen molar-refractivity contribution in [3.63, 3.8) is 0 Å². The smallest absolute Gasteiger partial charge is 0.176 e. The van der Waals surface area contributed by atoms with Gasteiger partial charge in [-0.3, -0.25) is 4.79 Å². The fraction of sp³-hybridized carbons (Fsp3) is 0.533. The number of fused-ring (bicyclic) bond motifs is 1. The van der Waals surface area contributed by atoms with Crippen LogP contribution in [-0.2, 0) is 6.42 Å². The summed E-state index contributed by atoms with van der Waals surface area (Å²) in [5.41, 5.74) is 2.23. The lowest BCUT2D eigenvalue weighted by Crippen LogP contribution is -2.18. The monoisotopic (exact) mass is 246 g/mol. The molecule has 0 heterocycles. The fourth-order valence-electron chi connectivity index (χ4n) is 2.95. The Kier molecular flexibility index (Phi) is 3.24. The summed E-state index contributed by atoms with van der Waals surface area (Å²) in [7, 11) is 0. The van der Waals surface area contributed by atoms with Crippen LogP contribution in [0.25, 0.3) is 0 Å². The highest BCUT2D eigenvalue weighted by molar-refractivity contribution is 8.01. The highest BCUT2D eigenvalue weighted by Gasteiger charge is 2.32. The molecule has 0 spiro atoms. The van der Waals surface area contributed by atoms with Crippen LogP contribution < -0.4 is 0 Å². The zero-order chi connectivity index (χ0) is 11.7. The number of thioether (sulfide) groups is 1. The van der Waals surface area contributed by atoms with E-state index in [2.05, 4.69) is 6.07 Å². The first-order chi connectivity index (χ1) is 8.34. The van der Waals surface area contributed by atoms with Gasteiger partial charge in [0, 0.05) is 10.8 Å². The summed E-state index contributed by atoms with van der Waals surface area (Å²) >= 11 is 1.94. The minimum Gasteiger partial charge on any atom is -0.293 e. The Morgan fingerprint density at radius 1 is 1.06 bits per heavy atom. The zero-order valence-electron chi connectivity index (χ0n) is 10.0. The highest BCUT2D eigenvalue weighted by atomic mass is 32.2. The van der Waals surface area contributed by atoms with E-state index in [-0.39, 0.29) is 5.25 Å². The van der Waals surface area contributed by atoms with E-state index >= 15 is 0 Å². The van der Waals surface area contributed by atoms with Crippen LogP contribution in [0.1, 0.15) is 48.0 Å². The van der Waals surface area contributed by atoms with Crippen molar-refractivity contribution in [3.8, 4) is 0 Å². The van der Waals surface area contributed by atoms with Gasteiger partial charge in [-0.25, -0.2) is 0 Å². The summed E-state index contributed by atoms with van der Waals surface area (Å²) in [6.45, 7) is 0. The van der Waals surface area contributed by atoms with Gasteiger partial charge in [-0.05, 0) is 24.8 Å². The van der Waals surface area contributed by atoms with E-state index in [1.165, 1.54) is 37.7 Å². The second-order valence-corrected chi connectivity index (χ2v) is 6.62. The maximum atomic E-state index is 12.2. The molecule has 1 atom stereocenters. The average Bonchev–Trinajstić information content (AvgIpc) is 2.68. The molecule has 2 aliphatic carbocycles. The SMILES string of the molecule is O=C1c2ccccc2CC1SC1CCCCC1. The van der Waals surface area contributed by atoms with Gasteiger partial charge < -0.3 is 0 Å². The second-order valence-electron chi connectivity index (χ2n) is 5.11. The first-order valence-electron chi connectivity index (χ1n) is 6.62. The standard InChI is InChI=1S/C15H18OS/c16-15-13-9-5-4-6-11(13)10-14(15)17-12-7-2-1-3-8-12/h4-6,9,12,14H,1-3,7-8,10H2. The van der Waals surface area contributed by atoms with Crippen LogP contribution in [0.2, 0.25) is 0 Å². The molecule has 0 saturated heterocycles. The maximum absolute atomic E-state index is 12.2. The first kappa shape index (κ1) is 11.3. The Bertz CT molecular complexity index is 421. The maximum Gasteiger partial charge on any atom is 0.176 e. The molecule has 2 heteroatoms. The lowest BCUT2D eigenvalue weighted by Gasteiger charge is -2.23. The van der Waals surface area contributed by atoms with Gasteiger partial charge in [-0.1, -0.05) is 43.5 Å². The number of carbonyl (C=O) groups excluding carboxylic acids is 1. The molecule has 0 radical (unpaired) electrons. The van der Waals surface area contributed by atoms with Crippen LogP contribution in [-0.4, -0.2) is 16.3 Å². The minimum atomic E-state index is 0.204. The molecular formula is C15H18OS. The van der Waals surface area contributed by atoms with E-state index in [1.54, 1.807) is 0 Å². The number of hydrogen-bond acceptors (Lipinski definition) is 2. The van der Waals surface area contributed by atoms with Crippen molar-refractivity contribution in [2.75, 3.05) is 0 Å². The molecule has 1 aromatic carbocycles. The third-order valence-electron chi connectivity index (χ3n) is 3.89. The molecule has 1 saturated carbocycles. The average molecular weight is 246 g/mol. The predicted molar refractivity (Wildman–Crippen MR) is 72.7 cm³/mol. The van der Waals surface area contributed by atoms with E-state index in [0.29, 0.717) is 5.78 Å². The van der Waals surface area contributed by atoms with E-state index in [9.17, 15) is 4.79 Å². The van der Waals surface area contributed by atoms with Crippen molar-refractivity contribution >= 4 is 17.5 Å². The zero-order valence-corrected chi connectivity index (χ0v) is 10.8. The Hall–Kier alpha value is -0.760. The Balaban J connectivity index is 1.69. The number of benzene rings is 1. The second kappa shape index (κ2) is 4.85. The molecule has 0 bridgehead atoms. The Morgan fingerprint density at radius 2 is 1.82 bits per heavy atom. The number of rotatable bonds is 2. The molecule has 0 N–H and O–H groups in total. The summed E-state index contributed by atoms with van der Waals surface area (Å²) in [6, 6.07) is 8.11. The minimum absolute atomic E-state index is 0.204. The van der Waals surface area contributed by atoms with Crippen LogP contribution in [0.3, 0.4) is 0 Å². The number of Topliss-reactive ketones (excluding diaryl/α,β-unsaturated/α-hetero) is 1. The van der Waals surface area contributed by atoms with Crippen molar-refractivity contribution in [2.24, 2.45) is 0 Å². The van der Waals surface area contributed by atoms with Crippen molar-refractivity contribution in [3.05, 3.63) is 35.4 Å². The van der Waals surface area contributed by atoms with Gasteiger partial charge in [0.1, 0.15) is 0 Å². The number of carbonyl (C=O) groups is 1. The Morgan fingerprint density at radius 3 is 2.59 bits per heavy atom. The van der Waals surface area contributed by atoms with Crippen LogP contribution in [0.15, 0.2) is 24.3 Å². The third kappa shape index (κ3) is 2.28. The lowest BCUT2D eigenvalue weighted by molar-refractivity contribution is 0.1000. The molecule has 1 aromatic rings. The van der Waals surface area contributed by atoms with Gasteiger partial charge in [-0.15, -0.1) is 11.8 Å². The summed E-state index contributed by atoms with van der Waals surface area (Å²) < 4.78 is 0. The Labute approximate surface area is 107 Å². The van der Waals surface area contributed by atoms with Crippen molar-refractivity contribution < 1.29 is 4.79 Å². The van der Waals surface area contributed by atoms with Gasteiger partial charge >= 0.3 is 0 Å². The summed E-state index contributed by atoms with van der Waals surface area (Å²) in [5, 5.41) is 0.933. The van der Waals surface area contributed by atoms with Crippen LogP contribution in [0.5, 0.6) is 0 Å². The van der Waals surface area contributed by atoms with Crippen LogP contribution in [0.4, 0.5) is 0 Å². The summed E-state index contributed by atoms with van der Waals surface area (Å²) in [5.74, 6) is 0.371. The molecule has 0 amide bonds. The van der Waals surface area contributed by atoms with Gasteiger partial charge in [0.2, 0.25) is 0 Å². The topological polar surface area (TPSA) is 17.1 Å². The summed E-state index contributed by atoms with van der Waals surface area (Å²) in [4.78, 5) is 12.2. The van der Waals surface area contributed by atoms with E-state index in [1.807, 2.05) is 30.0 Å². The predicted octanol–water partition coefficient (Wildman–Crippen LogP) is 3.86. The molecule has 0 aliphatic heterocycles. The molecule has 1 nitrogen and oxygen atoms in total. The normalized spacial score (nSPS) is 24.9. The van der Waals surface area contributed by atoms with E-state index in [0.717, 1.165) is 17.2 Å². The quantitative estimate of drug-likeness (QED) is 0.788. The molecule has 90 valence electrons. The highest BCUT2D eigenvalue weighted by Crippen LogP contribution is 2.37. The molecule has 0 aromatic heterocycles. The number of ketones is 1.